The number of sulfonamides is 1. The van der Waals surface area contributed by atoms with Crippen LogP contribution < -0.4 is 9.46 Å². The molecule has 0 spiro atoms. The molecule has 4 aromatic rings. The van der Waals surface area contributed by atoms with Crippen LogP contribution in [-0.2, 0) is 16.6 Å². The third-order valence-corrected chi connectivity index (χ3v) is 6.25. The minimum absolute atomic E-state index is 0.187. The van der Waals surface area contributed by atoms with E-state index in [0.29, 0.717) is 21.5 Å². The second kappa shape index (κ2) is 8.96. The summed E-state index contributed by atoms with van der Waals surface area (Å²) in [6.07, 6.45) is 0. The number of anilines is 1. The van der Waals surface area contributed by atoms with Crippen LogP contribution in [0.5, 0.6) is 5.75 Å². The Morgan fingerprint density at radius 1 is 0.848 bits per heavy atom. The van der Waals surface area contributed by atoms with Gasteiger partial charge in [-0.3, -0.25) is 4.72 Å². The van der Waals surface area contributed by atoms with E-state index in [2.05, 4.69) is 0 Å². The number of hydrogen-bond donors (Lipinski definition) is 1. The number of rotatable bonds is 6. The molecular weight excluding hydrogens is 475 g/mol. The Labute approximate surface area is 193 Å². The van der Waals surface area contributed by atoms with Gasteiger partial charge in [0.25, 0.3) is 0 Å². The predicted molar refractivity (Wildman–Crippen MR) is 124 cm³/mol. The van der Waals surface area contributed by atoms with Crippen LogP contribution >= 0.6 is 11.6 Å². The van der Waals surface area contributed by atoms with Crippen LogP contribution in [0, 0.1) is 0 Å². The number of nitrogens with one attached hydrogen (secondary N) is 1. The standard InChI is InChI=1S/C24H17ClF3NO3S/c25-20-5-1-3-18(13-20)17-9-7-16(8-10-17)15-32-23-6-2-4-19-14-21(11-12-22(19)23)29-33(30,31)24(26,27)28/h1-14,29H,15H2. The Bertz CT molecular complexity index is 1400. The molecule has 0 aliphatic rings. The highest BCUT2D eigenvalue weighted by Gasteiger charge is 2.46. The summed E-state index contributed by atoms with van der Waals surface area (Å²) in [7, 11) is -5.49. The molecule has 0 amide bonds. The van der Waals surface area contributed by atoms with E-state index >= 15 is 0 Å². The molecule has 33 heavy (non-hydrogen) atoms. The van der Waals surface area contributed by atoms with Crippen molar-refractivity contribution in [1.29, 1.82) is 0 Å². The van der Waals surface area contributed by atoms with Crippen molar-refractivity contribution in [1.82, 2.24) is 0 Å². The van der Waals surface area contributed by atoms with E-state index < -0.39 is 15.5 Å². The molecule has 0 aliphatic carbocycles. The molecule has 0 heterocycles. The van der Waals surface area contributed by atoms with Crippen LogP contribution in [-0.4, -0.2) is 13.9 Å². The highest BCUT2D eigenvalue weighted by Crippen LogP contribution is 2.31. The van der Waals surface area contributed by atoms with Gasteiger partial charge in [-0.15, -0.1) is 0 Å². The van der Waals surface area contributed by atoms with Gasteiger partial charge in [-0.05, 0) is 58.5 Å². The zero-order valence-corrected chi connectivity index (χ0v) is 18.5. The van der Waals surface area contributed by atoms with Crippen LogP contribution in [0.4, 0.5) is 18.9 Å². The van der Waals surface area contributed by atoms with E-state index in [9.17, 15) is 21.6 Å². The summed E-state index contributed by atoms with van der Waals surface area (Å²) in [6.45, 7) is 0.275. The van der Waals surface area contributed by atoms with Gasteiger partial charge in [0.15, 0.2) is 0 Å². The van der Waals surface area contributed by atoms with Crippen molar-refractivity contribution >= 4 is 38.1 Å². The average Bonchev–Trinajstić information content (AvgIpc) is 2.77. The lowest BCUT2D eigenvalue weighted by Gasteiger charge is -2.13. The van der Waals surface area contributed by atoms with E-state index in [1.165, 1.54) is 18.2 Å². The predicted octanol–water partition coefficient (Wildman–Crippen LogP) is 7.00. The van der Waals surface area contributed by atoms with Gasteiger partial charge in [0.2, 0.25) is 0 Å². The lowest BCUT2D eigenvalue weighted by atomic mass is 10.0. The third-order valence-electron chi connectivity index (χ3n) is 4.90. The molecule has 4 rings (SSSR count). The van der Waals surface area contributed by atoms with Crippen molar-refractivity contribution in [3.05, 3.63) is 95.5 Å². The molecule has 0 fully saturated rings. The van der Waals surface area contributed by atoms with Gasteiger partial charge in [0.1, 0.15) is 12.4 Å². The summed E-state index contributed by atoms with van der Waals surface area (Å²) in [5, 5.41) is 1.83. The molecule has 4 nitrogen and oxygen atoms in total. The Morgan fingerprint density at radius 2 is 1.58 bits per heavy atom. The molecule has 0 saturated carbocycles. The summed E-state index contributed by atoms with van der Waals surface area (Å²) in [5.74, 6) is 0.525. The Hall–Kier alpha value is -3.23. The van der Waals surface area contributed by atoms with Gasteiger partial charge in [-0.2, -0.15) is 21.6 Å². The highest BCUT2D eigenvalue weighted by atomic mass is 35.5. The van der Waals surface area contributed by atoms with Crippen molar-refractivity contribution in [2.75, 3.05) is 4.72 Å². The largest absolute Gasteiger partial charge is 0.516 e. The van der Waals surface area contributed by atoms with Gasteiger partial charge in [0.05, 0.1) is 0 Å². The summed E-state index contributed by atoms with van der Waals surface area (Å²) in [6, 6.07) is 24.5. The zero-order chi connectivity index (χ0) is 23.6. The van der Waals surface area contributed by atoms with Crippen LogP contribution in [0.2, 0.25) is 5.02 Å². The molecule has 0 saturated heterocycles. The van der Waals surface area contributed by atoms with Gasteiger partial charge in [-0.1, -0.05) is 60.1 Å². The maximum atomic E-state index is 12.6. The summed E-state index contributed by atoms with van der Waals surface area (Å²) in [5.41, 5.74) is -2.64. The normalized spacial score (nSPS) is 12.0. The Balaban J connectivity index is 1.50. The minimum atomic E-state index is -5.49. The second-order valence-corrected chi connectivity index (χ2v) is 9.35. The molecule has 1 N–H and O–H groups in total. The lowest BCUT2D eigenvalue weighted by Crippen LogP contribution is -2.29. The maximum Gasteiger partial charge on any atom is 0.516 e. The van der Waals surface area contributed by atoms with Crippen molar-refractivity contribution < 1.29 is 26.3 Å². The Morgan fingerprint density at radius 3 is 2.27 bits per heavy atom. The van der Waals surface area contributed by atoms with Crippen LogP contribution in [0.15, 0.2) is 84.9 Å². The molecule has 170 valence electrons. The van der Waals surface area contributed by atoms with Gasteiger partial charge in [0, 0.05) is 16.1 Å². The molecule has 0 unspecified atom stereocenters. The van der Waals surface area contributed by atoms with Crippen molar-refractivity contribution in [2.24, 2.45) is 0 Å². The van der Waals surface area contributed by atoms with E-state index in [4.69, 9.17) is 16.3 Å². The fourth-order valence-corrected chi connectivity index (χ4v) is 4.02. The first-order valence-corrected chi connectivity index (χ1v) is 11.6. The molecule has 4 aromatic carbocycles. The summed E-state index contributed by atoms with van der Waals surface area (Å²) >= 11 is 6.05. The number of ether oxygens (including phenoxy) is 1. The molecule has 9 heteroatoms. The van der Waals surface area contributed by atoms with Crippen molar-refractivity contribution in [2.45, 2.75) is 12.1 Å². The minimum Gasteiger partial charge on any atom is -0.488 e. The molecule has 0 aliphatic heterocycles. The van der Waals surface area contributed by atoms with E-state index in [0.717, 1.165) is 16.7 Å². The topological polar surface area (TPSA) is 55.4 Å². The Kier molecular flexibility index (Phi) is 6.23. The lowest BCUT2D eigenvalue weighted by molar-refractivity contribution is -0.0429. The smallest absolute Gasteiger partial charge is 0.488 e. The van der Waals surface area contributed by atoms with Gasteiger partial charge < -0.3 is 4.74 Å². The second-order valence-electron chi connectivity index (χ2n) is 7.24. The van der Waals surface area contributed by atoms with E-state index in [-0.39, 0.29) is 12.3 Å². The fraction of sp³-hybridized carbons (Fsp3) is 0.0833. The highest BCUT2D eigenvalue weighted by molar-refractivity contribution is 7.93. The van der Waals surface area contributed by atoms with E-state index in [1.807, 2.05) is 48.5 Å². The quantitative estimate of drug-likeness (QED) is 0.316. The third kappa shape index (κ3) is 5.23. The van der Waals surface area contributed by atoms with Crippen LogP contribution in [0.25, 0.3) is 21.9 Å². The molecule has 0 aromatic heterocycles. The molecule has 0 atom stereocenters. The summed E-state index contributed by atoms with van der Waals surface area (Å²) < 4.78 is 68.0. The van der Waals surface area contributed by atoms with Crippen LogP contribution in [0.1, 0.15) is 5.56 Å². The van der Waals surface area contributed by atoms with Crippen molar-refractivity contribution in [3.8, 4) is 16.9 Å². The number of alkyl halides is 3. The maximum absolute atomic E-state index is 12.6. The number of benzene rings is 4. The molecule has 0 bridgehead atoms. The summed E-state index contributed by atoms with van der Waals surface area (Å²) in [4.78, 5) is 0. The van der Waals surface area contributed by atoms with Crippen molar-refractivity contribution in [3.63, 3.8) is 0 Å². The monoisotopic (exact) mass is 491 g/mol. The molecule has 0 radical (unpaired) electrons. The average molecular weight is 492 g/mol. The van der Waals surface area contributed by atoms with E-state index in [1.54, 1.807) is 22.9 Å². The fourth-order valence-electron chi connectivity index (χ4n) is 3.28. The van der Waals surface area contributed by atoms with Gasteiger partial charge >= 0.3 is 15.5 Å². The number of fused-ring (bicyclic) bond motifs is 1. The first-order chi connectivity index (χ1) is 15.6. The van der Waals surface area contributed by atoms with Crippen LogP contribution in [0.3, 0.4) is 0 Å². The number of hydrogen-bond acceptors (Lipinski definition) is 3. The molecular formula is C24H17ClF3NO3S. The van der Waals surface area contributed by atoms with Gasteiger partial charge in [-0.25, -0.2) is 0 Å². The first kappa shape index (κ1) is 22.9. The number of halogens is 4. The SMILES string of the molecule is O=S(=O)(Nc1ccc2c(OCc3ccc(-c4cccc(Cl)c4)cc3)cccc2c1)C(F)(F)F. The zero-order valence-electron chi connectivity index (χ0n) is 16.9. The first-order valence-electron chi connectivity index (χ1n) is 9.72.